The van der Waals surface area contributed by atoms with Gasteiger partial charge < -0.3 is 15.3 Å². The number of tetrazole rings is 1. The summed E-state index contributed by atoms with van der Waals surface area (Å²) in [4.78, 5) is 14.8. The number of para-hydroxylation sites is 2. The lowest BCUT2D eigenvalue weighted by Crippen LogP contribution is -2.21. The molecule has 2 heterocycles. The lowest BCUT2D eigenvalue weighted by molar-refractivity contribution is -0.113. The maximum atomic E-state index is 12.5. The monoisotopic (exact) mass is 396 g/mol. The molecular weight excluding hydrogens is 376 g/mol. The van der Waals surface area contributed by atoms with Crippen molar-refractivity contribution in [3.05, 3.63) is 48.5 Å². The van der Waals surface area contributed by atoms with Crippen LogP contribution < -0.4 is 10.2 Å². The molecule has 4 rings (SSSR count). The summed E-state index contributed by atoms with van der Waals surface area (Å²) in [6.45, 7) is 2.03. The molecule has 1 fully saturated rings. The number of thioether (sulfide) groups is 1. The minimum Gasteiger partial charge on any atom is -0.508 e. The predicted octanol–water partition coefficient (Wildman–Crippen LogP) is 2.70. The number of amides is 1. The molecule has 1 amide bonds. The number of anilines is 2. The van der Waals surface area contributed by atoms with Crippen LogP contribution in [0.4, 0.5) is 11.4 Å². The molecule has 1 aliphatic heterocycles. The third-order valence-electron chi connectivity index (χ3n) is 4.49. The Kier molecular flexibility index (Phi) is 5.43. The number of rotatable bonds is 6. The number of nitrogens with one attached hydrogen (secondary N) is 1. The summed E-state index contributed by atoms with van der Waals surface area (Å²) in [5, 5.41) is 24.6. The van der Waals surface area contributed by atoms with E-state index in [2.05, 4.69) is 25.7 Å². The fourth-order valence-electron chi connectivity index (χ4n) is 3.15. The fourth-order valence-corrected chi connectivity index (χ4v) is 3.85. The van der Waals surface area contributed by atoms with E-state index in [1.54, 1.807) is 24.3 Å². The molecule has 1 saturated heterocycles. The van der Waals surface area contributed by atoms with Gasteiger partial charge in [0.1, 0.15) is 5.75 Å². The van der Waals surface area contributed by atoms with E-state index >= 15 is 0 Å². The smallest absolute Gasteiger partial charge is 0.234 e. The van der Waals surface area contributed by atoms with Gasteiger partial charge in [-0.3, -0.25) is 4.79 Å². The van der Waals surface area contributed by atoms with Crippen molar-refractivity contribution in [1.82, 2.24) is 20.2 Å². The molecule has 0 aliphatic carbocycles. The van der Waals surface area contributed by atoms with Crippen LogP contribution in [0.15, 0.2) is 53.7 Å². The van der Waals surface area contributed by atoms with E-state index in [0.29, 0.717) is 10.8 Å². The van der Waals surface area contributed by atoms with Crippen LogP contribution in [0.25, 0.3) is 5.69 Å². The summed E-state index contributed by atoms with van der Waals surface area (Å²) in [7, 11) is 0. The predicted molar refractivity (Wildman–Crippen MR) is 108 cm³/mol. The molecule has 0 radical (unpaired) electrons. The molecule has 3 aromatic rings. The van der Waals surface area contributed by atoms with Gasteiger partial charge in [0.15, 0.2) is 0 Å². The van der Waals surface area contributed by atoms with Gasteiger partial charge in [0.05, 0.1) is 22.8 Å². The second-order valence-electron chi connectivity index (χ2n) is 6.44. The van der Waals surface area contributed by atoms with Crippen LogP contribution in [0.2, 0.25) is 0 Å². The highest BCUT2D eigenvalue weighted by Crippen LogP contribution is 2.29. The number of phenolic OH excluding ortho intramolecular Hbond substituents is 1. The molecule has 9 heteroatoms. The Labute approximate surface area is 166 Å². The van der Waals surface area contributed by atoms with Crippen LogP contribution in [-0.2, 0) is 4.79 Å². The highest BCUT2D eigenvalue weighted by atomic mass is 32.2. The average Bonchev–Trinajstić information content (AvgIpc) is 3.40. The van der Waals surface area contributed by atoms with Gasteiger partial charge in [-0.1, -0.05) is 23.9 Å². The van der Waals surface area contributed by atoms with Crippen molar-refractivity contribution >= 4 is 29.0 Å². The molecule has 0 bridgehead atoms. The first-order valence-corrected chi connectivity index (χ1v) is 10.0. The summed E-state index contributed by atoms with van der Waals surface area (Å²) in [6, 6.07) is 14.4. The van der Waals surface area contributed by atoms with Crippen molar-refractivity contribution in [2.45, 2.75) is 18.0 Å². The maximum Gasteiger partial charge on any atom is 0.234 e. The lowest BCUT2D eigenvalue weighted by Gasteiger charge is -2.21. The third kappa shape index (κ3) is 4.09. The standard InChI is InChI=1S/C19H20N6O2S/c26-15-9-7-14(8-10-15)25-19(21-22-23-25)28-13-18(27)20-16-5-1-2-6-17(16)24-11-3-4-12-24/h1-2,5-10,26H,3-4,11-13H2,(H,20,27). The number of hydrogen-bond acceptors (Lipinski definition) is 7. The number of hydrogen-bond donors (Lipinski definition) is 2. The molecule has 0 unspecified atom stereocenters. The van der Waals surface area contributed by atoms with E-state index < -0.39 is 0 Å². The summed E-state index contributed by atoms with van der Waals surface area (Å²) in [6.07, 6.45) is 2.36. The van der Waals surface area contributed by atoms with Gasteiger partial charge >= 0.3 is 0 Å². The normalized spacial score (nSPS) is 13.6. The van der Waals surface area contributed by atoms with Crippen molar-refractivity contribution < 1.29 is 9.90 Å². The maximum absolute atomic E-state index is 12.5. The van der Waals surface area contributed by atoms with Crippen LogP contribution in [0.5, 0.6) is 5.75 Å². The number of aromatic nitrogens is 4. The summed E-state index contributed by atoms with van der Waals surface area (Å²) >= 11 is 1.26. The Morgan fingerprint density at radius 3 is 2.64 bits per heavy atom. The topological polar surface area (TPSA) is 96.2 Å². The van der Waals surface area contributed by atoms with E-state index in [-0.39, 0.29) is 17.4 Å². The van der Waals surface area contributed by atoms with E-state index in [4.69, 9.17) is 0 Å². The van der Waals surface area contributed by atoms with E-state index in [1.165, 1.54) is 29.3 Å². The van der Waals surface area contributed by atoms with Gasteiger partial charge in [-0.2, -0.15) is 4.68 Å². The Morgan fingerprint density at radius 2 is 1.86 bits per heavy atom. The number of carbonyl (C=O) groups is 1. The lowest BCUT2D eigenvalue weighted by atomic mass is 10.2. The minimum atomic E-state index is -0.114. The second-order valence-corrected chi connectivity index (χ2v) is 7.38. The molecule has 8 nitrogen and oxygen atoms in total. The first-order chi connectivity index (χ1) is 13.7. The molecule has 0 spiro atoms. The minimum absolute atomic E-state index is 0.114. The van der Waals surface area contributed by atoms with Crippen molar-refractivity contribution in [2.75, 3.05) is 29.1 Å². The van der Waals surface area contributed by atoms with Crippen molar-refractivity contribution in [1.29, 1.82) is 0 Å². The highest BCUT2D eigenvalue weighted by Gasteiger charge is 2.17. The van der Waals surface area contributed by atoms with Crippen LogP contribution in [0.1, 0.15) is 12.8 Å². The third-order valence-corrected chi connectivity index (χ3v) is 5.41. The van der Waals surface area contributed by atoms with E-state index in [9.17, 15) is 9.90 Å². The number of nitrogens with zero attached hydrogens (tertiary/aromatic N) is 5. The molecule has 0 saturated carbocycles. The zero-order valence-electron chi connectivity index (χ0n) is 15.2. The van der Waals surface area contributed by atoms with E-state index in [1.807, 2.05) is 24.3 Å². The van der Waals surface area contributed by atoms with Gasteiger partial charge in [-0.25, -0.2) is 0 Å². The average molecular weight is 396 g/mol. The summed E-state index contributed by atoms with van der Waals surface area (Å²) in [5.74, 6) is 0.242. The van der Waals surface area contributed by atoms with Gasteiger partial charge in [-0.05, 0) is 59.7 Å². The quantitative estimate of drug-likeness (QED) is 0.619. The zero-order chi connectivity index (χ0) is 19.3. The Balaban J connectivity index is 1.41. The van der Waals surface area contributed by atoms with Gasteiger partial charge in [0, 0.05) is 13.1 Å². The molecular formula is C19H20N6O2S. The number of carbonyl (C=O) groups excluding carboxylic acids is 1. The molecule has 2 aromatic carbocycles. The van der Waals surface area contributed by atoms with Gasteiger partial charge in [-0.15, -0.1) is 5.10 Å². The molecule has 2 N–H and O–H groups in total. The molecule has 0 atom stereocenters. The Bertz CT molecular complexity index is 953. The van der Waals surface area contributed by atoms with E-state index in [0.717, 1.165) is 24.5 Å². The Morgan fingerprint density at radius 1 is 1.11 bits per heavy atom. The first-order valence-electron chi connectivity index (χ1n) is 9.05. The number of aromatic hydroxyl groups is 1. The first kappa shape index (κ1) is 18.3. The Hall–Kier alpha value is -3.07. The fraction of sp³-hybridized carbons (Fsp3) is 0.263. The van der Waals surface area contributed by atoms with Gasteiger partial charge in [0.25, 0.3) is 0 Å². The molecule has 1 aliphatic rings. The molecule has 144 valence electrons. The van der Waals surface area contributed by atoms with Crippen LogP contribution in [-0.4, -0.2) is 50.1 Å². The number of benzene rings is 2. The zero-order valence-corrected chi connectivity index (χ0v) is 16.0. The van der Waals surface area contributed by atoms with Crippen LogP contribution >= 0.6 is 11.8 Å². The molecule has 1 aromatic heterocycles. The highest BCUT2D eigenvalue weighted by molar-refractivity contribution is 7.99. The SMILES string of the molecule is O=C(CSc1nnnn1-c1ccc(O)cc1)Nc1ccccc1N1CCCC1. The van der Waals surface area contributed by atoms with Crippen LogP contribution in [0.3, 0.4) is 0 Å². The largest absolute Gasteiger partial charge is 0.508 e. The number of phenols is 1. The van der Waals surface area contributed by atoms with Crippen molar-refractivity contribution in [3.8, 4) is 11.4 Å². The second kappa shape index (κ2) is 8.30. The van der Waals surface area contributed by atoms with Crippen LogP contribution in [0, 0.1) is 0 Å². The summed E-state index contributed by atoms with van der Waals surface area (Å²) in [5.41, 5.74) is 2.60. The van der Waals surface area contributed by atoms with Crippen molar-refractivity contribution in [3.63, 3.8) is 0 Å². The van der Waals surface area contributed by atoms with Crippen molar-refractivity contribution in [2.24, 2.45) is 0 Å². The summed E-state index contributed by atoms with van der Waals surface area (Å²) < 4.78 is 1.54. The van der Waals surface area contributed by atoms with Gasteiger partial charge in [0.2, 0.25) is 11.1 Å². The molecule has 28 heavy (non-hydrogen) atoms.